The van der Waals surface area contributed by atoms with Crippen LogP contribution in [0, 0.1) is 6.07 Å². The fraction of sp³-hybridized carbons (Fsp3) is 0.250. The van der Waals surface area contributed by atoms with E-state index in [4.69, 9.17) is 0 Å². The summed E-state index contributed by atoms with van der Waals surface area (Å²) >= 11 is 0. The molecule has 3 aromatic carbocycles. The monoisotopic (exact) mass is 313 g/mol. The molecule has 0 saturated heterocycles. The van der Waals surface area contributed by atoms with Crippen LogP contribution in [0.3, 0.4) is 0 Å². The van der Waals surface area contributed by atoms with Crippen LogP contribution in [0.15, 0.2) is 66.7 Å². The molecule has 0 atom stereocenters. The van der Waals surface area contributed by atoms with Crippen LogP contribution in [0.25, 0.3) is 22.3 Å². The summed E-state index contributed by atoms with van der Waals surface area (Å²) in [5.74, 6) is 0.986. The Morgan fingerprint density at radius 3 is 1.88 bits per heavy atom. The molecule has 3 aromatic rings. The fourth-order valence-electron chi connectivity index (χ4n) is 3.28. The Morgan fingerprint density at radius 1 is 0.667 bits per heavy atom. The van der Waals surface area contributed by atoms with Gasteiger partial charge in [0.2, 0.25) is 0 Å². The minimum Gasteiger partial charge on any atom is -0.0622 e. The van der Waals surface area contributed by atoms with Gasteiger partial charge in [0.15, 0.2) is 0 Å². The summed E-state index contributed by atoms with van der Waals surface area (Å²) in [7, 11) is 0. The minimum atomic E-state index is 0.493. The lowest BCUT2D eigenvalue weighted by molar-refractivity contribution is 0.838. The Balaban J connectivity index is 2.19. The molecule has 0 aliphatic rings. The van der Waals surface area contributed by atoms with Crippen molar-refractivity contribution in [2.75, 3.05) is 0 Å². The molecule has 3 rings (SSSR count). The second kappa shape index (κ2) is 7.05. The van der Waals surface area contributed by atoms with E-state index >= 15 is 0 Å². The zero-order chi connectivity index (χ0) is 17.1. The van der Waals surface area contributed by atoms with E-state index < -0.39 is 0 Å². The molecule has 121 valence electrons. The van der Waals surface area contributed by atoms with E-state index in [1.807, 2.05) is 0 Å². The van der Waals surface area contributed by atoms with Gasteiger partial charge < -0.3 is 0 Å². The van der Waals surface area contributed by atoms with Crippen LogP contribution in [0.2, 0.25) is 0 Å². The maximum Gasteiger partial charge on any atom is -0.00933 e. The first-order valence-electron chi connectivity index (χ1n) is 8.78. The minimum absolute atomic E-state index is 0.493. The molecule has 0 N–H and O–H groups in total. The van der Waals surface area contributed by atoms with Gasteiger partial charge in [-0.25, -0.2) is 0 Å². The van der Waals surface area contributed by atoms with Crippen molar-refractivity contribution in [1.29, 1.82) is 0 Å². The van der Waals surface area contributed by atoms with Crippen LogP contribution in [0.4, 0.5) is 0 Å². The largest absolute Gasteiger partial charge is 0.0622 e. The average Bonchev–Trinajstić information content (AvgIpc) is 2.61. The van der Waals surface area contributed by atoms with Gasteiger partial charge in [0.05, 0.1) is 0 Å². The summed E-state index contributed by atoms with van der Waals surface area (Å²) in [5.41, 5.74) is 7.87. The number of benzene rings is 3. The predicted octanol–water partition coefficient (Wildman–Crippen LogP) is 7.07. The lowest BCUT2D eigenvalue weighted by Crippen LogP contribution is -2.00. The first kappa shape index (κ1) is 16.5. The van der Waals surface area contributed by atoms with Gasteiger partial charge in [-0.15, -0.1) is 0 Å². The van der Waals surface area contributed by atoms with Crippen molar-refractivity contribution in [3.63, 3.8) is 0 Å². The van der Waals surface area contributed by atoms with Crippen molar-refractivity contribution in [2.45, 2.75) is 39.5 Å². The van der Waals surface area contributed by atoms with E-state index in [0.717, 1.165) is 0 Å². The molecule has 0 aliphatic carbocycles. The molecule has 0 heterocycles. The summed E-state index contributed by atoms with van der Waals surface area (Å²) in [5, 5.41) is 0. The van der Waals surface area contributed by atoms with Crippen molar-refractivity contribution in [1.82, 2.24) is 0 Å². The van der Waals surface area contributed by atoms with Crippen LogP contribution in [-0.4, -0.2) is 0 Å². The van der Waals surface area contributed by atoms with E-state index in [-0.39, 0.29) is 0 Å². The van der Waals surface area contributed by atoms with Crippen LogP contribution in [-0.2, 0) is 0 Å². The molecule has 1 radical (unpaired) electrons. The number of rotatable bonds is 4. The summed E-state index contributed by atoms with van der Waals surface area (Å²) in [4.78, 5) is 0. The molecular formula is C24H25. The highest BCUT2D eigenvalue weighted by Crippen LogP contribution is 2.37. The molecular weight excluding hydrogens is 288 g/mol. The number of hydrogen-bond donors (Lipinski definition) is 0. The van der Waals surface area contributed by atoms with E-state index in [0.29, 0.717) is 11.8 Å². The van der Waals surface area contributed by atoms with Crippen molar-refractivity contribution in [3.8, 4) is 22.3 Å². The highest BCUT2D eigenvalue weighted by Gasteiger charge is 2.15. The van der Waals surface area contributed by atoms with Crippen LogP contribution in [0.1, 0.15) is 50.7 Å². The second-order valence-corrected chi connectivity index (χ2v) is 6.98. The third-order valence-corrected chi connectivity index (χ3v) is 4.55. The Morgan fingerprint density at radius 2 is 1.29 bits per heavy atom. The highest BCUT2D eigenvalue weighted by molar-refractivity contribution is 5.77. The topological polar surface area (TPSA) is 0 Å². The molecule has 0 amide bonds. The molecule has 0 spiro atoms. The summed E-state index contributed by atoms with van der Waals surface area (Å²) in [6, 6.07) is 27.2. The first-order chi connectivity index (χ1) is 11.6. The Labute approximate surface area is 146 Å². The summed E-state index contributed by atoms with van der Waals surface area (Å²) in [6.45, 7) is 9.07. The van der Waals surface area contributed by atoms with Crippen molar-refractivity contribution in [3.05, 3.63) is 83.9 Å². The number of hydrogen-bond acceptors (Lipinski definition) is 0. The Bertz CT molecular complexity index is 784. The first-order valence-corrected chi connectivity index (χ1v) is 8.78. The lowest BCUT2D eigenvalue weighted by atomic mass is 9.84. The Hall–Kier alpha value is -2.34. The van der Waals surface area contributed by atoms with Crippen molar-refractivity contribution in [2.24, 2.45) is 0 Å². The molecule has 0 saturated carbocycles. The van der Waals surface area contributed by atoms with Gasteiger partial charge >= 0.3 is 0 Å². The van der Waals surface area contributed by atoms with Crippen LogP contribution >= 0.6 is 0 Å². The van der Waals surface area contributed by atoms with Gasteiger partial charge in [-0.1, -0.05) is 88.4 Å². The zero-order valence-corrected chi connectivity index (χ0v) is 15.0. The average molecular weight is 313 g/mol. The standard InChI is InChI=1S/C24H25/c1-17(2)22-14-9-15-23(18(3)4)24(22)21-13-8-12-20(16-21)19-10-6-5-7-11-19/h5-12,14-18H,1-4H3. The summed E-state index contributed by atoms with van der Waals surface area (Å²) in [6.07, 6.45) is 0. The molecule has 0 bridgehead atoms. The SMILES string of the molecule is CC(C)c1cccc(C(C)C)c1-c1[c]ccc(-c2ccccc2)c1. The molecule has 0 unspecified atom stereocenters. The van der Waals surface area contributed by atoms with Gasteiger partial charge in [-0.2, -0.15) is 0 Å². The Kier molecular flexibility index (Phi) is 4.85. The van der Waals surface area contributed by atoms with E-state index in [9.17, 15) is 0 Å². The van der Waals surface area contributed by atoms with Gasteiger partial charge in [0.25, 0.3) is 0 Å². The van der Waals surface area contributed by atoms with E-state index in [1.165, 1.54) is 33.4 Å². The molecule has 0 nitrogen and oxygen atoms in total. The molecule has 0 fully saturated rings. The zero-order valence-electron chi connectivity index (χ0n) is 15.0. The lowest BCUT2D eigenvalue weighted by Gasteiger charge is -2.20. The quantitative estimate of drug-likeness (QED) is 0.483. The molecule has 0 aliphatic heterocycles. The predicted molar refractivity (Wildman–Crippen MR) is 104 cm³/mol. The highest BCUT2D eigenvalue weighted by atomic mass is 14.2. The third-order valence-electron chi connectivity index (χ3n) is 4.55. The molecule has 0 heteroatoms. The van der Waals surface area contributed by atoms with Crippen LogP contribution in [0.5, 0.6) is 0 Å². The summed E-state index contributed by atoms with van der Waals surface area (Å²) < 4.78 is 0. The maximum absolute atomic E-state index is 3.49. The van der Waals surface area contributed by atoms with Crippen LogP contribution < -0.4 is 0 Å². The van der Waals surface area contributed by atoms with Crippen molar-refractivity contribution >= 4 is 0 Å². The van der Waals surface area contributed by atoms with Gasteiger partial charge in [-0.05, 0) is 57.3 Å². The van der Waals surface area contributed by atoms with Gasteiger partial charge in [0, 0.05) is 0 Å². The smallest absolute Gasteiger partial charge is 0.00933 e. The molecule has 0 aromatic heterocycles. The van der Waals surface area contributed by atoms with Gasteiger partial charge in [0.1, 0.15) is 0 Å². The van der Waals surface area contributed by atoms with Gasteiger partial charge in [-0.3, -0.25) is 0 Å². The van der Waals surface area contributed by atoms with Crippen molar-refractivity contribution < 1.29 is 0 Å². The maximum atomic E-state index is 3.49. The van der Waals surface area contributed by atoms with E-state index in [1.54, 1.807) is 0 Å². The fourth-order valence-corrected chi connectivity index (χ4v) is 3.28. The third kappa shape index (κ3) is 3.28. The normalized spacial score (nSPS) is 11.2. The second-order valence-electron chi connectivity index (χ2n) is 6.98. The molecule has 24 heavy (non-hydrogen) atoms. The van der Waals surface area contributed by atoms with E-state index in [2.05, 4.69) is 100 Å².